The predicted octanol–water partition coefficient (Wildman–Crippen LogP) is 5.49. The van der Waals surface area contributed by atoms with Crippen molar-refractivity contribution < 1.29 is 29.6 Å². The summed E-state index contributed by atoms with van der Waals surface area (Å²) < 4.78 is 6.50. The van der Waals surface area contributed by atoms with Crippen molar-refractivity contribution in [2.45, 2.75) is 99.7 Å². The van der Waals surface area contributed by atoms with Gasteiger partial charge >= 0.3 is 0 Å². The van der Waals surface area contributed by atoms with E-state index in [-0.39, 0.29) is 40.7 Å². The first kappa shape index (κ1) is 27.0. The molecule has 0 amide bonds. The van der Waals surface area contributed by atoms with Crippen LogP contribution < -0.4 is 0 Å². The second-order valence-corrected chi connectivity index (χ2v) is 13.6. The number of ether oxygens (including phenoxy) is 1. The molecule has 1 saturated carbocycles. The number of hydrogen-bond donors (Lipinski definition) is 3. The number of aliphatic hydroxyl groups is 1. The van der Waals surface area contributed by atoms with Gasteiger partial charge in [0.05, 0.1) is 22.1 Å². The van der Waals surface area contributed by atoms with Crippen LogP contribution in [0.2, 0.25) is 0 Å². The van der Waals surface area contributed by atoms with Gasteiger partial charge in [0.1, 0.15) is 16.4 Å². The van der Waals surface area contributed by atoms with Crippen molar-refractivity contribution in [2.75, 3.05) is 0 Å². The lowest BCUT2D eigenvalue weighted by molar-refractivity contribution is -0.189. The maximum atomic E-state index is 14.4. The van der Waals surface area contributed by atoms with Gasteiger partial charge in [-0.3, -0.25) is 9.59 Å². The number of fused-ring (bicyclic) bond motifs is 2. The van der Waals surface area contributed by atoms with Gasteiger partial charge in [-0.2, -0.15) is 0 Å². The number of Topliss-reactive ketones (excluding diaryl/α,β-unsaturated/α-hetero) is 2. The Balaban J connectivity index is 2.01. The average Bonchev–Trinajstić information content (AvgIpc) is 2.74. The van der Waals surface area contributed by atoms with Gasteiger partial charge in [0.25, 0.3) is 0 Å². The molecule has 9 heteroatoms. The molecule has 2 fully saturated rings. The molecular formula is C26H33Cl3O6. The monoisotopic (exact) mass is 546 g/mol. The van der Waals surface area contributed by atoms with Crippen molar-refractivity contribution >= 4 is 46.4 Å². The summed E-state index contributed by atoms with van der Waals surface area (Å²) >= 11 is 20.5. The minimum absolute atomic E-state index is 0.0680. The van der Waals surface area contributed by atoms with Crippen LogP contribution in [0.25, 0.3) is 0 Å². The second-order valence-electron chi connectivity index (χ2n) is 11.9. The number of phenolic OH excluding ortho intramolecular Hbond substituents is 2. The van der Waals surface area contributed by atoms with Gasteiger partial charge < -0.3 is 20.1 Å². The van der Waals surface area contributed by atoms with E-state index in [1.54, 1.807) is 20.8 Å². The lowest BCUT2D eigenvalue weighted by Crippen LogP contribution is -2.74. The van der Waals surface area contributed by atoms with Crippen molar-refractivity contribution in [1.82, 2.24) is 0 Å². The van der Waals surface area contributed by atoms with Crippen LogP contribution in [0, 0.1) is 18.3 Å². The third-order valence-corrected chi connectivity index (χ3v) is 11.0. The summed E-state index contributed by atoms with van der Waals surface area (Å²) in [5.74, 6) is -2.71. The molecule has 1 aliphatic heterocycles. The zero-order valence-corrected chi connectivity index (χ0v) is 23.1. The summed E-state index contributed by atoms with van der Waals surface area (Å²) in [6, 6.07) is 1.18. The molecule has 0 unspecified atom stereocenters. The number of aromatic hydroxyl groups is 2. The molecule has 1 heterocycles. The third kappa shape index (κ3) is 3.58. The lowest BCUT2D eigenvalue weighted by atomic mass is 9.54. The molecule has 6 nitrogen and oxygen atoms in total. The first-order chi connectivity index (χ1) is 15.8. The third-order valence-electron chi connectivity index (χ3n) is 8.87. The number of phenols is 2. The van der Waals surface area contributed by atoms with Crippen molar-refractivity contribution in [3.8, 4) is 11.5 Å². The zero-order valence-electron chi connectivity index (χ0n) is 20.8. The highest BCUT2D eigenvalue weighted by atomic mass is 35.5. The van der Waals surface area contributed by atoms with Crippen LogP contribution >= 0.6 is 34.8 Å². The predicted molar refractivity (Wildman–Crippen MR) is 135 cm³/mol. The number of halogens is 3. The molecule has 3 N–H and O–H groups in total. The van der Waals surface area contributed by atoms with Crippen LogP contribution in [-0.4, -0.2) is 59.3 Å². The molecule has 6 atom stereocenters. The lowest BCUT2D eigenvalue weighted by Gasteiger charge is -2.60. The molecular weight excluding hydrogens is 515 g/mol. The zero-order chi connectivity index (χ0) is 26.5. The van der Waals surface area contributed by atoms with E-state index in [4.69, 9.17) is 39.5 Å². The molecule has 1 aromatic carbocycles. The minimum atomic E-state index is -1.94. The largest absolute Gasteiger partial charge is 0.508 e. The molecule has 1 aromatic rings. The van der Waals surface area contributed by atoms with E-state index < -0.39 is 55.7 Å². The van der Waals surface area contributed by atoms with Gasteiger partial charge in [0, 0.05) is 16.5 Å². The van der Waals surface area contributed by atoms with Gasteiger partial charge in [0.15, 0.2) is 17.2 Å². The Bertz CT molecular complexity index is 1110. The van der Waals surface area contributed by atoms with E-state index in [1.807, 2.05) is 13.8 Å². The Kier molecular flexibility index (Phi) is 6.15. The Hall–Kier alpha value is -1.05. The van der Waals surface area contributed by atoms with Gasteiger partial charge in [0.2, 0.25) is 0 Å². The van der Waals surface area contributed by atoms with Crippen molar-refractivity contribution in [2.24, 2.45) is 11.3 Å². The number of carbonyl (C=O) groups is 2. The minimum Gasteiger partial charge on any atom is -0.508 e. The SMILES string of the molecule is Cc1c(O)cc2c(c1O)C(=O)[C@@]1(Cl)C[C@@H](Cl)C(C)(C)O[C@@]1(C[C@H]1C(C)(C)[C@@H](Cl)CC[C@]1(C)O)C2=O. The molecule has 0 radical (unpaired) electrons. The molecule has 0 bridgehead atoms. The van der Waals surface area contributed by atoms with E-state index in [9.17, 15) is 24.9 Å². The number of rotatable bonds is 2. The molecule has 35 heavy (non-hydrogen) atoms. The Morgan fingerprint density at radius 2 is 1.66 bits per heavy atom. The normalized spacial score (nSPS) is 40.2. The van der Waals surface area contributed by atoms with Crippen LogP contribution in [0.5, 0.6) is 11.5 Å². The fourth-order valence-electron chi connectivity index (χ4n) is 6.38. The maximum Gasteiger partial charge on any atom is 0.197 e. The van der Waals surface area contributed by atoms with Crippen LogP contribution in [0.15, 0.2) is 6.07 Å². The summed E-state index contributed by atoms with van der Waals surface area (Å²) in [5, 5.41) is 31.6. The van der Waals surface area contributed by atoms with E-state index in [1.165, 1.54) is 13.0 Å². The summed E-state index contributed by atoms with van der Waals surface area (Å²) in [4.78, 5) is 26.5. The highest BCUT2D eigenvalue weighted by Crippen LogP contribution is 2.61. The fourth-order valence-corrected chi connectivity index (χ4v) is 7.45. The Labute approximate surface area is 220 Å². The highest BCUT2D eigenvalue weighted by Gasteiger charge is 2.72. The Morgan fingerprint density at radius 1 is 1.06 bits per heavy atom. The molecule has 1 saturated heterocycles. The Morgan fingerprint density at radius 3 is 2.26 bits per heavy atom. The number of benzene rings is 1. The molecule has 4 rings (SSSR count). The smallest absolute Gasteiger partial charge is 0.197 e. The van der Waals surface area contributed by atoms with Gasteiger partial charge in [-0.1, -0.05) is 13.8 Å². The summed E-state index contributed by atoms with van der Waals surface area (Å²) in [6.07, 6.45) is 0.809. The summed E-state index contributed by atoms with van der Waals surface area (Å²) in [7, 11) is 0. The molecule has 3 aliphatic rings. The van der Waals surface area contributed by atoms with Crippen molar-refractivity contribution in [1.29, 1.82) is 0 Å². The van der Waals surface area contributed by atoms with Gasteiger partial charge in [-0.15, -0.1) is 34.8 Å². The maximum absolute atomic E-state index is 14.4. The highest BCUT2D eigenvalue weighted by molar-refractivity contribution is 6.45. The van der Waals surface area contributed by atoms with Crippen LogP contribution in [0.4, 0.5) is 0 Å². The number of alkyl halides is 3. The first-order valence-corrected chi connectivity index (χ1v) is 13.1. The number of carbonyl (C=O) groups excluding carboxylic acids is 2. The van der Waals surface area contributed by atoms with Crippen LogP contribution in [0.1, 0.15) is 86.6 Å². The summed E-state index contributed by atoms with van der Waals surface area (Å²) in [6.45, 7) is 10.5. The van der Waals surface area contributed by atoms with E-state index in [0.717, 1.165) is 0 Å². The van der Waals surface area contributed by atoms with E-state index >= 15 is 0 Å². The topological polar surface area (TPSA) is 104 Å². The number of ketones is 2. The van der Waals surface area contributed by atoms with Crippen molar-refractivity contribution in [3.05, 3.63) is 22.8 Å². The van der Waals surface area contributed by atoms with E-state index in [2.05, 4.69) is 0 Å². The van der Waals surface area contributed by atoms with E-state index in [0.29, 0.717) is 12.8 Å². The van der Waals surface area contributed by atoms with Gasteiger partial charge in [-0.05, 0) is 70.8 Å². The van der Waals surface area contributed by atoms with Crippen LogP contribution in [0.3, 0.4) is 0 Å². The molecule has 0 aromatic heterocycles. The molecule has 0 spiro atoms. The first-order valence-electron chi connectivity index (χ1n) is 11.9. The summed E-state index contributed by atoms with van der Waals surface area (Å²) in [5.41, 5.74) is -5.15. The fraction of sp³-hybridized carbons (Fsp3) is 0.692. The number of hydrogen-bond acceptors (Lipinski definition) is 6. The molecule has 2 aliphatic carbocycles. The molecule has 194 valence electrons. The second kappa shape index (κ2) is 7.97. The van der Waals surface area contributed by atoms with Crippen LogP contribution in [-0.2, 0) is 4.74 Å². The quantitative estimate of drug-likeness (QED) is 0.423. The van der Waals surface area contributed by atoms with Crippen molar-refractivity contribution in [3.63, 3.8) is 0 Å². The van der Waals surface area contributed by atoms with Gasteiger partial charge in [-0.25, -0.2) is 0 Å². The standard InChI is InChI=1S/C26H33Cl3O6/c1-12-14(30)9-13-18(19(12)31)21(33)25(29)11-17(28)23(4,5)35-26(25,20(13)32)10-15-22(2,3)16(27)7-8-24(15,6)34/h9,15-17,30-31,34H,7-8,10-11H2,1-6H3/t15-,16-,17+,24-,25-,26-/m0/s1. The average molecular weight is 548 g/mol.